The number of hydrogen-bond donors (Lipinski definition) is 2. The van der Waals surface area contributed by atoms with Crippen LogP contribution in [-0.4, -0.2) is 30.3 Å². The zero-order valence-corrected chi connectivity index (χ0v) is 15.4. The van der Waals surface area contributed by atoms with Crippen LogP contribution >= 0.6 is 0 Å². The molecule has 142 valence electrons. The summed E-state index contributed by atoms with van der Waals surface area (Å²) in [5, 5.41) is 9.18. The number of hydrogen-bond acceptors (Lipinski definition) is 5. The monoisotopic (exact) mass is 377 g/mol. The number of nitrogens with one attached hydrogen (secondary N) is 2. The van der Waals surface area contributed by atoms with Crippen LogP contribution < -0.4 is 20.3 Å². The van der Waals surface area contributed by atoms with E-state index in [1.54, 1.807) is 56.7 Å². The molecular weight excluding hydrogens is 358 g/mol. The second-order valence-electron chi connectivity index (χ2n) is 5.82. The van der Waals surface area contributed by atoms with Crippen LogP contribution in [0.3, 0.4) is 0 Å². The Morgan fingerprint density at radius 2 is 1.86 bits per heavy atom. The van der Waals surface area contributed by atoms with Crippen molar-refractivity contribution in [2.45, 2.75) is 0 Å². The first kappa shape index (κ1) is 18.9. The van der Waals surface area contributed by atoms with E-state index in [9.17, 15) is 9.59 Å². The smallest absolute Gasteiger partial charge is 0.264 e. The number of aromatic amines is 1. The highest BCUT2D eigenvalue weighted by atomic mass is 16.5. The summed E-state index contributed by atoms with van der Waals surface area (Å²) in [5.41, 5.74) is 2.54. The number of amides is 1. The van der Waals surface area contributed by atoms with E-state index in [-0.39, 0.29) is 11.5 Å². The highest BCUT2D eigenvalue weighted by Gasteiger charge is 2.05. The van der Waals surface area contributed by atoms with Crippen LogP contribution in [0.25, 0.3) is 17.3 Å². The third-order valence-electron chi connectivity index (χ3n) is 3.94. The molecule has 1 heterocycles. The van der Waals surface area contributed by atoms with Crippen LogP contribution in [0.1, 0.15) is 5.56 Å². The summed E-state index contributed by atoms with van der Waals surface area (Å²) in [4.78, 5) is 23.4. The van der Waals surface area contributed by atoms with E-state index in [4.69, 9.17) is 9.47 Å². The molecule has 0 spiro atoms. The molecule has 0 aliphatic rings. The van der Waals surface area contributed by atoms with Crippen LogP contribution in [0.4, 0.5) is 5.69 Å². The number of rotatable bonds is 6. The molecule has 0 unspecified atom stereocenters. The third kappa shape index (κ3) is 4.64. The fraction of sp³-hybridized carbons (Fsp3) is 0.0952. The van der Waals surface area contributed by atoms with Crippen molar-refractivity contribution in [1.82, 2.24) is 10.2 Å². The molecule has 7 nitrogen and oxygen atoms in total. The summed E-state index contributed by atoms with van der Waals surface area (Å²) < 4.78 is 10.5. The molecule has 0 fully saturated rings. The number of nitrogens with zero attached hydrogens (tertiary/aromatic N) is 1. The highest BCUT2D eigenvalue weighted by molar-refractivity contribution is 6.02. The van der Waals surface area contributed by atoms with Crippen molar-refractivity contribution in [1.29, 1.82) is 0 Å². The van der Waals surface area contributed by atoms with Gasteiger partial charge in [-0.3, -0.25) is 9.59 Å². The maximum Gasteiger partial charge on any atom is 0.264 e. The topological polar surface area (TPSA) is 93.3 Å². The summed E-state index contributed by atoms with van der Waals surface area (Å²) in [7, 11) is 3.12. The van der Waals surface area contributed by atoms with E-state index in [0.29, 0.717) is 22.9 Å². The van der Waals surface area contributed by atoms with E-state index in [1.807, 2.05) is 12.1 Å². The van der Waals surface area contributed by atoms with Gasteiger partial charge in [0.15, 0.2) is 11.5 Å². The summed E-state index contributed by atoms with van der Waals surface area (Å²) in [6, 6.07) is 15.6. The van der Waals surface area contributed by atoms with Crippen molar-refractivity contribution < 1.29 is 14.3 Å². The largest absolute Gasteiger partial charge is 0.493 e. The Morgan fingerprint density at radius 1 is 1.04 bits per heavy atom. The predicted molar refractivity (Wildman–Crippen MR) is 108 cm³/mol. The SMILES string of the molecule is COc1ccc(/C=C/C(=O)Nc2cccc(-c3ccc(=O)[nH]n3)c2)cc1OC. The highest BCUT2D eigenvalue weighted by Crippen LogP contribution is 2.28. The van der Waals surface area contributed by atoms with Gasteiger partial charge >= 0.3 is 0 Å². The van der Waals surface area contributed by atoms with Gasteiger partial charge in [0.05, 0.1) is 19.9 Å². The molecule has 28 heavy (non-hydrogen) atoms. The quantitative estimate of drug-likeness (QED) is 0.644. The van der Waals surface area contributed by atoms with Gasteiger partial charge in [-0.25, -0.2) is 5.10 Å². The van der Waals surface area contributed by atoms with Crippen molar-refractivity contribution in [3.63, 3.8) is 0 Å². The molecule has 1 amide bonds. The van der Waals surface area contributed by atoms with E-state index >= 15 is 0 Å². The van der Waals surface area contributed by atoms with E-state index in [2.05, 4.69) is 15.5 Å². The van der Waals surface area contributed by atoms with Crippen LogP contribution in [0, 0.1) is 0 Å². The normalized spacial score (nSPS) is 10.6. The number of anilines is 1. The molecule has 1 aromatic heterocycles. The second kappa shape index (κ2) is 8.68. The van der Waals surface area contributed by atoms with Crippen LogP contribution in [0.15, 0.2) is 65.5 Å². The number of methoxy groups -OCH3 is 2. The van der Waals surface area contributed by atoms with Gasteiger partial charge in [0.25, 0.3) is 5.56 Å². The first-order valence-corrected chi connectivity index (χ1v) is 8.46. The minimum Gasteiger partial charge on any atom is -0.493 e. The molecular formula is C21H19N3O4. The minimum atomic E-state index is -0.277. The first-order valence-electron chi connectivity index (χ1n) is 8.46. The van der Waals surface area contributed by atoms with Gasteiger partial charge in [-0.2, -0.15) is 5.10 Å². The maximum atomic E-state index is 12.2. The molecule has 7 heteroatoms. The van der Waals surface area contributed by atoms with Gasteiger partial charge in [-0.15, -0.1) is 0 Å². The molecule has 0 radical (unpaired) electrons. The van der Waals surface area contributed by atoms with Crippen LogP contribution in [0.2, 0.25) is 0 Å². The lowest BCUT2D eigenvalue weighted by molar-refractivity contribution is -0.111. The standard InChI is InChI=1S/C21H19N3O4/c1-27-18-9-6-14(12-19(18)28-2)7-10-20(25)22-16-5-3-4-15(13-16)17-8-11-21(26)24-23-17/h3-13H,1-2H3,(H,22,25)(H,24,26)/b10-7+. The summed E-state index contributed by atoms with van der Waals surface area (Å²) in [5.74, 6) is 0.935. The lowest BCUT2D eigenvalue weighted by Crippen LogP contribution is -2.08. The molecule has 3 rings (SSSR count). The molecule has 2 aromatic carbocycles. The van der Waals surface area contributed by atoms with E-state index in [1.165, 1.54) is 12.1 Å². The van der Waals surface area contributed by atoms with Crippen LogP contribution in [-0.2, 0) is 4.79 Å². The van der Waals surface area contributed by atoms with Crippen molar-refractivity contribution in [2.75, 3.05) is 19.5 Å². The number of benzene rings is 2. The zero-order chi connectivity index (χ0) is 19.9. The molecule has 0 bridgehead atoms. The van der Waals surface area contributed by atoms with Crippen molar-refractivity contribution >= 4 is 17.7 Å². The Kier molecular flexibility index (Phi) is 5.86. The Hall–Kier alpha value is -3.87. The van der Waals surface area contributed by atoms with Gasteiger partial charge < -0.3 is 14.8 Å². The lowest BCUT2D eigenvalue weighted by Gasteiger charge is -2.08. The number of carbonyl (C=O) groups excluding carboxylic acids is 1. The zero-order valence-electron chi connectivity index (χ0n) is 15.4. The molecule has 0 aliphatic heterocycles. The fourth-order valence-electron chi connectivity index (χ4n) is 2.57. The summed E-state index contributed by atoms with van der Waals surface area (Å²) in [6.07, 6.45) is 3.12. The lowest BCUT2D eigenvalue weighted by atomic mass is 10.1. The molecule has 2 N–H and O–H groups in total. The molecule has 3 aromatic rings. The van der Waals surface area contributed by atoms with Gasteiger partial charge in [-0.1, -0.05) is 18.2 Å². The maximum absolute atomic E-state index is 12.2. The summed E-state index contributed by atoms with van der Waals surface area (Å²) in [6.45, 7) is 0. The van der Waals surface area contributed by atoms with Gasteiger partial charge in [0.1, 0.15) is 0 Å². The van der Waals surface area contributed by atoms with Crippen molar-refractivity contribution in [3.8, 4) is 22.8 Å². The second-order valence-corrected chi connectivity index (χ2v) is 5.82. The Labute approximate surface area is 161 Å². The average molecular weight is 377 g/mol. The van der Waals surface area contributed by atoms with Crippen molar-refractivity contribution in [2.24, 2.45) is 0 Å². The molecule has 0 aliphatic carbocycles. The van der Waals surface area contributed by atoms with Crippen molar-refractivity contribution in [3.05, 3.63) is 76.6 Å². The predicted octanol–water partition coefficient (Wildman–Crippen LogP) is 3.11. The first-order chi connectivity index (χ1) is 13.6. The van der Waals surface area contributed by atoms with E-state index < -0.39 is 0 Å². The molecule has 0 atom stereocenters. The number of aromatic nitrogens is 2. The fourth-order valence-corrected chi connectivity index (χ4v) is 2.57. The Bertz CT molecular complexity index is 1050. The summed E-state index contributed by atoms with van der Waals surface area (Å²) >= 11 is 0. The Morgan fingerprint density at radius 3 is 2.57 bits per heavy atom. The minimum absolute atomic E-state index is 0.270. The number of ether oxygens (including phenoxy) is 2. The number of carbonyl (C=O) groups is 1. The average Bonchev–Trinajstić information content (AvgIpc) is 2.72. The van der Waals surface area contributed by atoms with E-state index in [0.717, 1.165) is 11.1 Å². The van der Waals surface area contributed by atoms with Crippen LogP contribution in [0.5, 0.6) is 11.5 Å². The third-order valence-corrected chi connectivity index (χ3v) is 3.94. The molecule has 0 saturated heterocycles. The molecule has 0 saturated carbocycles. The Balaban J connectivity index is 1.71. The number of H-pyrrole nitrogens is 1. The van der Waals surface area contributed by atoms with Gasteiger partial charge in [0.2, 0.25) is 5.91 Å². The van der Waals surface area contributed by atoms with Gasteiger partial charge in [-0.05, 0) is 42.0 Å². The van der Waals surface area contributed by atoms with Gasteiger partial charge in [0, 0.05) is 23.4 Å².